The van der Waals surface area contributed by atoms with Gasteiger partial charge in [-0.05, 0) is 70.6 Å². The Morgan fingerprint density at radius 2 is 0.570 bits per heavy atom. The number of Topliss-reactive ketones (excluding diaryl/α,β-unsaturated/α-hetero) is 1. The van der Waals surface area contributed by atoms with E-state index in [9.17, 15) is 98.7 Å². The lowest BCUT2D eigenvalue weighted by atomic mass is 9.88. The van der Waals surface area contributed by atoms with E-state index in [1.165, 1.54) is 20.8 Å². The molecule has 0 bridgehead atoms. The van der Waals surface area contributed by atoms with Crippen LogP contribution in [0, 0.1) is 5.41 Å². The lowest BCUT2D eigenvalue weighted by Gasteiger charge is -2.42. The van der Waals surface area contributed by atoms with Gasteiger partial charge in [0.25, 0.3) is 0 Å². The van der Waals surface area contributed by atoms with Crippen molar-refractivity contribution in [1.82, 2.24) is 53.2 Å². The maximum atomic E-state index is 13.9. The number of carbonyl (C=O) groups excluding carboxylic acids is 11. The standard InChI is InChI=1S/C75H134N10O29/c1-48(89)82-62-68(103)65(100)51(42-86)112-71(62)109-36-16-13-23-55(93)76-30-19-33-79-58(96)27-39-106-45-75(85-61(99)26-12-10-8-7-9-11-22-54(92)74(4,5)6,46-107-40-28-59(97)80-34-20-31-77-56(94)24-14-17-37-110-72-63(83-49(2)90)69(104)66(101)52(43-87)113-72)47-108-41-29-60(98)81-35-21-32-78-57(95)25-15-18-38-111-73-64(84-50(3)91)70(105)67(102)53(44-88)114-73/h51-53,62-73,86-88,100-105H,7-47H2,1-6H3,(H,76,93)(H,77,94)(H,78,95)(H,79,96)(H,80,97)(H,81,98)(H,82,89)(H,83,90)(H,84,91)(H,85,99)/t51?,52?,53?,62?,63?,64?,65-,66-,67-,68?,69?,70?,71-,72-,73-,75?/m1/s1. The zero-order valence-electron chi connectivity index (χ0n) is 67.3. The molecule has 0 spiro atoms. The van der Waals surface area contributed by atoms with Crippen molar-refractivity contribution in [3.8, 4) is 0 Å². The van der Waals surface area contributed by atoms with E-state index in [0.29, 0.717) is 70.6 Å². The molecule has 0 saturated carbocycles. The number of aliphatic hydroxyl groups excluding tert-OH is 9. The van der Waals surface area contributed by atoms with Gasteiger partial charge in [-0.1, -0.05) is 46.5 Å². The average molecular weight is 1640 g/mol. The van der Waals surface area contributed by atoms with Crippen LogP contribution >= 0.6 is 0 Å². The maximum Gasteiger partial charge on any atom is 0.222 e. The first-order valence-corrected chi connectivity index (χ1v) is 40.1. The molecule has 0 aromatic rings. The predicted octanol–water partition coefficient (Wildman–Crippen LogP) is -3.94. The van der Waals surface area contributed by atoms with Crippen molar-refractivity contribution < 1.29 is 141 Å². The molecule has 3 fully saturated rings. The molecule has 114 heavy (non-hydrogen) atoms. The van der Waals surface area contributed by atoms with Gasteiger partial charge in [-0.15, -0.1) is 0 Å². The lowest BCUT2D eigenvalue weighted by molar-refractivity contribution is -0.270. The van der Waals surface area contributed by atoms with Crippen LogP contribution in [-0.2, 0) is 95.4 Å². The third-order valence-electron chi connectivity index (χ3n) is 18.8. The monoisotopic (exact) mass is 1640 g/mol. The van der Waals surface area contributed by atoms with E-state index in [0.717, 1.165) is 32.1 Å². The van der Waals surface area contributed by atoms with Crippen molar-refractivity contribution in [3.05, 3.63) is 0 Å². The van der Waals surface area contributed by atoms with Crippen LogP contribution in [0.25, 0.3) is 0 Å². The second-order valence-electron chi connectivity index (χ2n) is 30.0. The first kappa shape index (κ1) is 102. The molecule has 0 aromatic carbocycles. The smallest absolute Gasteiger partial charge is 0.222 e. The molecular weight excluding hydrogens is 1500 g/mol. The zero-order valence-corrected chi connectivity index (χ0v) is 67.3. The Kier molecular flexibility index (Phi) is 51.5. The largest absolute Gasteiger partial charge is 0.394 e. The van der Waals surface area contributed by atoms with Crippen LogP contribution in [0.2, 0.25) is 0 Å². The van der Waals surface area contributed by atoms with Crippen LogP contribution in [-0.4, -0.2) is 327 Å². The summed E-state index contributed by atoms with van der Waals surface area (Å²) >= 11 is 0. The number of unbranched alkanes of at least 4 members (excludes halogenated alkanes) is 8. The maximum absolute atomic E-state index is 13.9. The second-order valence-corrected chi connectivity index (χ2v) is 30.0. The van der Waals surface area contributed by atoms with Gasteiger partial charge in [0.15, 0.2) is 18.9 Å². The molecule has 0 aromatic heterocycles. The number of nitrogens with one attached hydrogen (secondary N) is 10. The number of hydrogen-bond acceptors (Lipinski definition) is 29. The first-order valence-electron chi connectivity index (χ1n) is 40.1. The Hall–Kier alpha value is -6.35. The molecule has 39 nitrogen and oxygen atoms in total. The summed E-state index contributed by atoms with van der Waals surface area (Å²) in [6, 6.07) is -3.28. The Labute approximate surface area is 667 Å². The van der Waals surface area contributed by atoms with Gasteiger partial charge in [0.05, 0.1) is 59.5 Å². The molecule has 9 unspecified atom stereocenters. The van der Waals surface area contributed by atoms with Crippen LogP contribution < -0.4 is 53.2 Å². The molecule has 0 aliphatic carbocycles. The number of ketones is 1. The van der Waals surface area contributed by atoms with Gasteiger partial charge >= 0.3 is 0 Å². The summed E-state index contributed by atoms with van der Waals surface area (Å²) in [6.45, 7) is 8.10. The van der Waals surface area contributed by atoms with Crippen LogP contribution in [0.3, 0.4) is 0 Å². The molecule has 3 heterocycles. The van der Waals surface area contributed by atoms with Gasteiger partial charge in [0.1, 0.15) is 84.4 Å². The van der Waals surface area contributed by atoms with Crippen LogP contribution in [0.5, 0.6) is 0 Å². The molecule has 3 aliphatic rings. The van der Waals surface area contributed by atoms with E-state index in [1.54, 1.807) is 0 Å². The topological polar surface area (TPSA) is 573 Å². The van der Waals surface area contributed by atoms with Gasteiger partial charge in [0, 0.05) is 137 Å². The second kappa shape index (κ2) is 57.7. The Bertz CT molecular complexity index is 2590. The third kappa shape index (κ3) is 42.2. The summed E-state index contributed by atoms with van der Waals surface area (Å²) in [5.74, 6) is -3.51. The molecule has 15 atom stereocenters. The summed E-state index contributed by atoms with van der Waals surface area (Å²) in [5.41, 5.74) is -1.83. The number of rotatable bonds is 61. The molecular formula is C75H134N10O29. The minimum Gasteiger partial charge on any atom is -0.394 e. The van der Waals surface area contributed by atoms with Crippen LogP contribution in [0.4, 0.5) is 0 Å². The van der Waals surface area contributed by atoms with Crippen molar-refractivity contribution in [3.63, 3.8) is 0 Å². The van der Waals surface area contributed by atoms with Gasteiger partial charge in [-0.2, -0.15) is 0 Å². The Morgan fingerprint density at radius 1 is 0.316 bits per heavy atom. The number of ether oxygens (including phenoxy) is 9. The predicted molar refractivity (Wildman–Crippen MR) is 406 cm³/mol. The van der Waals surface area contributed by atoms with Crippen molar-refractivity contribution in [2.45, 2.75) is 287 Å². The van der Waals surface area contributed by atoms with Crippen molar-refractivity contribution >= 4 is 64.9 Å². The summed E-state index contributed by atoms with van der Waals surface area (Å²) in [5, 5.41) is 118. The van der Waals surface area contributed by atoms with E-state index < -0.39 is 140 Å². The summed E-state index contributed by atoms with van der Waals surface area (Å²) in [6.07, 6.45) is -6.75. The van der Waals surface area contributed by atoms with E-state index in [4.69, 9.17) is 42.6 Å². The molecule has 19 N–H and O–H groups in total. The fourth-order valence-electron chi connectivity index (χ4n) is 12.3. The first-order chi connectivity index (χ1) is 54.3. The minimum absolute atomic E-state index is 0.0781. The normalized spacial score (nSPS) is 24.1. The number of aliphatic hydroxyl groups is 9. The number of amides is 10. The summed E-state index contributed by atoms with van der Waals surface area (Å²) in [7, 11) is 0. The zero-order chi connectivity index (χ0) is 84.4. The van der Waals surface area contributed by atoms with E-state index in [-0.39, 0.29) is 191 Å². The van der Waals surface area contributed by atoms with E-state index in [1.807, 2.05) is 20.8 Å². The fraction of sp³-hybridized carbons (Fsp3) is 0.853. The number of hydrogen-bond donors (Lipinski definition) is 19. The lowest BCUT2D eigenvalue weighted by Crippen LogP contribution is -2.64. The molecule has 39 heteroatoms. The Morgan fingerprint density at radius 3 is 0.842 bits per heavy atom. The van der Waals surface area contributed by atoms with Crippen LogP contribution in [0.15, 0.2) is 0 Å². The highest BCUT2D eigenvalue weighted by Crippen LogP contribution is 2.27. The molecule has 3 saturated heterocycles. The third-order valence-corrected chi connectivity index (χ3v) is 18.8. The van der Waals surface area contributed by atoms with Crippen LogP contribution in [0.1, 0.15) is 189 Å². The van der Waals surface area contributed by atoms with Crippen molar-refractivity contribution in [2.24, 2.45) is 5.41 Å². The number of carbonyl (C=O) groups is 11. The SMILES string of the molecule is CC(=O)NC1C(O)[C@H](O)C(CO)O[C@H]1OCCCCC(=O)NCCCNC(=O)CCOCC(COCCC(=O)NCCCNC(=O)CCCCO[C@@H]1OC(CO)[C@@H](O)C(O)C1NC(C)=O)(COCCC(=O)NCCCNC(=O)CCCCO[C@@H]1OC(CO)[C@@H](O)C(O)C1NC(C)=O)NC(=O)CCCCCCCCC(=O)C(C)(C)C. The van der Waals surface area contributed by atoms with E-state index >= 15 is 0 Å². The highest BCUT2D eigenvalue weighted by Gasteiger charge is 2.48. The summed E-state index contributed by atoms with van der Waals surface area (Å²) < 4.78 is 52.1. The average Bonchev–Trinajstić information content (AvgIpc) is 0.819. The quantitative estimate of drug-likeness (QED) is 0.0259. The highest BCUT2D eigenvalue weighted by molar-refractivity contribution is 5.83. The fourth-order valence-corrected chi connectivity index (χ4v) is 12.3. The highest BCUT2D eigenvalue weighted by atomic mass is 16.7. The molecule has 3 rings (SSSR count). The van der Waals surface area contributed by atoms with Gasteiger partial charge < -0.3 is 142 Å². The van der Waals surface area contributed by atoms with E-state index in [2.05, 4.69) is 53.2 Å². The van der Waals surface area contributed by atoms with Gasteiger partial charge in [-0.3, -0.25) is 52.7 Å². The van der Waals surface area contributed by atoms with Gasteiger partial charge in [-0.25, -0.2) is 0 Å². The molecule has 3 aliphatic heterocycles. The minimum atomic E-state index is -1.46. The van der Waals surface area contributed by atoms with Gasteiger partial charge in [0.2, 0.25) is 59.1 Å². The molecule has 10 amide bonds. The van der Waals surface area contributed by atoms with Crippen molar-refractivity contribution in [2.75, 3.05) is 119 Å². The molecule has 0 radical (unpaired) electrons. The van der Waals surface area contributed by atoms with Crippen molar-refractivity contribution in [1.29, 1.82) is 0 Å². The summed E-state index contributed by atoms with van der Waals surface area (Å²) in [4.78, 5) is 139. The molecule has 658 valence electrons. The Balaban J connectivity index is 1.56.